The van der Waals surface area contributed by atoms with Gasteiger partial charge < -0.3 is 20.1 Å². The van der Waals surface area contributed by atoms with Crippen molar-refractivity contribution in [1.29, 1.82) is 0 Å². The van der Waals surface area contributed by atoms with Gasteiger partial charge in [-0.1, -0.05) is 0 Å². The van der Waals surface area contributed by atoms with Crippen LogP contribution in [0.25, 0.3) is 0 Å². The zero-order valence-corrected chi connectivity index (χ0v) is 6.80. The topological polar surface area (TPSA) is 61.2 Å². The Balaban J connectivity index is 2.38. The number of hydrogen-bond donors (Lipinski definition) is 2. The molecule has 1 rings (SSSR count). The number of nitrogens with two attached hydrogens (primary N) is 1. The van der Waals surface area contributed by atoms with Crippen LogP contribution < -0.4 is 15.3 Å². The molecule has 0 aromatic heterocycles. The van der Waals surface area contributed by atoms with E-state index in [9.17, 15) is 9.90 Å². The summed E-state index contributed by atoms with van der Waals surface area (Å²) in [7, 11) is 0. The Morgan fingerprint density at radius 3 is 2.55 bits per heavy atom. The van der Waals surface area contributed by atoms with Gasteiger partial charge in [0.25, 0.3) is 0 Å². The first-order valence-corrected chi connectivity index (χ1v) is 4.09. The van der Waals surface area contributed by atoms with Crippen molar-refractivity contribution in [3.05, 3.63) is 0 Å². The number of quaternary nitrogens is 2. The van der Waals surface area contributed by atoms with Crippen molar-refractivity contribution >= 4 is 5.97 Å². The molecule has 0 saturated carbocycles. The average molecular weight is 159 g/mol. The second-order valence-corrected chi connectivity index (χ2v) is 3.06. The molecule has 11 heavy (non-hydrogen) atoms. The Bertz CT molecular complexity index is 143. The highest BCUT2D eigenvalue weighted by molar-refractivity contribution is 5.68. The van der Waals surface area contributed by atoms with Crippen LogP contribution in [0.2, 0.25) is 0 Å². The van der Waals surface area contributed by atoms with Crippen LogP contribution in [0.1, 0.15) is 6.92 Å². The fourth-order valence-electron chi connectivity index (χ4n) is 1.44. The third-order valence-corrected chi connectivity index (χ3v) is 2.31. The quantitative estimate of drug-likeness (QED) is 0.427. The zero-order valence-electron chi connectivity index (χ0n) is 6.80. The van der Waals surface area contributed by atoms with Gasteiger partial charge in [0.1, 0.15) is 32.2 Å². The number of carboxylic acid groups (broad SMARTS) is 1. The molecule has 0 aromatic carbocycles. The number of rotatable bonds is 2. The molecule has 0 amide bonds. The lowest BCUT2D eigenvalue weighted by Gasteiger charge is -2.28. The molecule has 0 spiro atoms. The Morgan fingerprint density at radius 2 is 2.09 bits per heavy atom. The normalized spacial score (nSPS) is 23.0. The van der Waals surface area contributed by atoms with E-state index in [0.717, 1.165) is 31.1 Å². The van der Waals surface area contributed by atoms with Crippen LogP contribution in [0.15, 0.2) is 0 Å². The third-order valence-electron chi connectivity index (χ3n) is 2.31. The Labute approximate surface area is 66.2 Å². The van der Waals surface area contributed by atoms with Crippen molar-refractivity contribution in [2.75, 3.05) is 26.2 Å². The highest BCUT2D eigenvalue weighted by Gasteiger charge is 2.22. The SMILES string of the molecule is C[C@H](C(=O)[O-])[NH+]1CC[NH2+]CC1. The third kappa shape index (κ3) is 2.17. The molecule has 0 bridgehead atoms. The van der Waals surface area contributed by atoms with Crippen LogP contribution >= 0.6 is 0 Å². The maximum absolute atomic E-state index is 10.5. The summed E-state index contributed by atoms with van der Waals surface area (Å²) < 4.78 is 0. The number of piperazine rings is 1. The predicted molar refractivity (Wildman–Crippen MR) is 36.8 cm³/mol. The van der Waals surface area contributed by atoms with Gasteiger partial charge in [-0.3, -0.25) is 0 Å². The number of aliphatic carboxylic acids is 1. The number of hydrogen-bond acceptors (Lipinski definition) is 2. The molecule has 1 aliphatic rings. The summed E-state index contributed by atoms with van der Waals surface area (Å²) in [4.78, 5) is 11.6. The first-order valence-electron chi connectivity index (χ1n) is 4.09. The summed E-state index contributed by atoms with van der Waals surface area (Å²) in [6.45, 7) is 5.67. The van der Waals surface area contributed by atoms with Gasteiger partial charge in [0.15, 0.2) is 0 Å². The second-order valence-electron chi connectivity index (χ2n) is 3.06. The molecule has 1 heterocycles. The fourth-order valence-corrected chi connectivity index (χ4v) is 1.44. The summed E-state index contributed by atoms with van der Waals surface area (Å²) in [6, 6.07) is -0.344. The molecule has 0 aliphatic carbocycles. The molecule has 1 atom stereocenters. The van der Waals surface area contributed by atoms with Gasteiger partial charge in [0, 0.05) is 0 Å². The molecule has 1 fully saturated rings. The van der Waals surface area contributed by atoms with Crippen molar-refractivity contribution < 1.29 is 20.1 Å². The maximum Gasteiger partial charge on any atom is 0.127 e. The summed E-state index contributed by atoms with van der Waals surface area (Å²) in [5.41, 5.74) is 0. The summed E-state index contributed by atoms with van der Waals surface area (Å²) in [6.07, 6.45) is 0. The molecule has 0 aromatic rings. The molecule has 0 radical (unpaired) electrons. The van der Waals surface area contributed by atoms with E-state index in [2.05, 4.69) is 5.32 Å². The zero-order chi connectivity index (χ0) is 8.27. The van der Waals surface area contributed by atoms with Crippen LogP contribution in [0, 0.1) is 0 Å². The number of carbonyl (C=O) groups excluding carboxylic acids is 1. The van der Waals surface area contributed by atoms with Gasteiger partial charge in [-0.05, 0) is 6.92 Å². The van der Waals surface area contributed by atoms with Gasteiger partial charge in [-0.25, -0.2) is 0 Å². The molecule has 64 valence electrons. The lowest BCUT2D eigenvalue weighted by molar-refractivity contribution is -0.959. The molecular formula is C7H15N2O2+. The number of nitrogens with one attached hydrogen (secondary N) is 1. The summed E-state index contributed by atoms with van der Waals surface area (Å²) >= 11 is 0. The monoisotopic (exact) mass is 159 g/mol. The van der Waals surface area contributed by atoms with Gasteiger partial charge in [0.05, 0.1) is 5.97 Å². The van der Waals surface area contributed by atoms with E-state index in [1.807, 2.05) is 0 Å². The van der Waals surface area contributed by atoms with Gasteiger partial charge in [-0.2, -0.15) is 0 Å². The van der Waals surface area contributed by atoms with Crippen LogP contribution in [0.5, 0.6) is 0 Å². The largest absolute Gasteiger partial charge is 0.544 e. The van der Waals surface area contributed by atoms with Gasteiger partial charge >= 0.3 is 0 Å². The van der Waals surface area contributed by atoms with Crippen molar-refractivity contribution in [2.45, 2.75) is 13.0 Å². The lowest BCUT2D eigenvalue weighted by Crippen LogP contribution is -3.23. The van der Waals surface area contributed by atoms with Crippen LogP contribution in [0.4, 0.5) is 0 Å². The van der Waals surface area contributed by atoms with E-state index >= 15 is 0 Å². The standard InChI is InChI=1S/C7H14N2O2/c1-6(7(10)11)9-4-2-8-3-5-9/h6,8H,2-5H2,1H3,(H,10,11)/p+1/t6-/m1/s1. The van der Waals surface area contributed by atoms with E-state index in [1.54, 1.807) is 6.92 Å². The van der Waals surface area contributed by atoms with Gasteiger partial charge in [0.2, 0.25) is 0 Å². The van der Waals surface area contributed by atoms with E-state index in [4.69, 9.17) is 0 Å². The van der Waals surface area contributed by atoms with Gasteiger partial charge in [-0.15, -0.1) is 0 Å². The van der Waals surface area contributed by atoms with Crippen molar-refractivity contribution in [3.8, 4) is 0 Å². The molecule has 4 nitrogen and oxygen atoms in total. The highest BCUT2D eigenvalue weighted by Crippen LogP contribution is 1.70. The molecule has 1 saturated heterocycles. The molecule has 4 heteroatoms. The molecular weight excluding hydrogens is 144 g/mol. The molecule has 0 unspecified atom stereocenters. The Kier molecular flexibility index (Phi) is 2.84. The van der Waals surface area contributed by atoms with Crippen LogP contribution in [-0.2, 0) is 4.79 Å². The maximum atomic E-state index is 10.5. The van der Waals surface area contributed by atoms with Crippen molar-refractivity contribution in [1.82, 2.24) is 0 Å². The lowest BCUT2D eigenvalue weighted by atomic mass is 10.2. The second kappa shape index (κ2) is 3.69. The molecule has 1 aliphatic heterocycles. The number of carbonyl (C=O) groups is 1. The first kappa shape index (κ1) is 8.49. The van der Waals surface area contributed by atoms with Crippen molar-refractivity contribution in [3.63, 3.8) is 0 Å². The minimum atomic E-state index is -0.929. The van der Waals surface area contributed by atoms with Crippen LogP contribution in [0.3, 0.4) is 0 Å². The Hall–Kier alpha value is -0.610. The van der Waals surface area contributed by atoms with E-state index < -0.39 is 5.97 Å². The van der Waals surface area contributed by atoms with Crippen LogP contribution in [-0.4, -0.2) is 38.2 Å². The number of carboxylic acids is 1. The highest BCUT2D eigenvalue weighted by atomic mass is 16.4. The van der Waals surface area contributed by atoms with E-state index in [0.29, 0.717) is 0 Å². The minimum Gasteiger partial charge on any atom is -0.544 e. The first-order chi connectivity index (χ1) is 5.22. The molecule has 3 N–H and O–H groups in total. The Morgan fingerprint density at radius 1 is 1.55 bits per heavy atom. The fraction of sp³-hybridized carbons (Fsp3) is 0.857. The smallest absolute Gasteiger partial charge is 0.127 e. The minimum absolute atomic E-state index is 0.344. The summed E-state index contributed by atoms with van der Waals surface area (Å²) in [5, 5.41) is 12.7. The summed E-state index contributed by atoms with van der Waals surface area (Å²) in [5.74, 6) is -0.929. The predicted octanol–water partition coefficient (Wildman–Crippen LogP) is -4.41. The van der Waals surface area contributed by atoms with E-state index in [-0.39, 0.29) is 6.04 Å². The van der Waals surface area contributed by atoms with E-state index in [1.165, 1.54) is 0 Å². The average Bonchev–Trinajstić information content (AvgIpc) is 2.05. The van der Waals surface area contributed by atoms with Crippen molar-refractivity contribution in [2.24, 2.45) is 0 Å².